The molecule has 1 saturated carbocycles. The zero-order valence-electron chi connectivity index (χ0n) is 15.2. The van der Waals surface area contributed by atoms with Gasteiger partial charge in [0.2, 0.25) is 5.88 Å². The molecule has 144 valence electrons. The van der Waals surface area contributed by atoms with Gasteiger partial charge in [-0.15, -0.1) is 0 Å². The molecular formula is C19H24N4O4. The molecule has 8 nitrogen and oxygen atoms in total. The zero-order chi connectivity index (χ0) is 19.4. The molecule has 1 aromatic carbocycles. The van der Waals surface area contributed by atoms with E-state index >= 15 is 0 Å². The second kappa shape index (κ2) is 8.22. The predicted molar refractivity (Wildman–Crippen MR) is 103 cm³/mol. The summed E-state index contributed by atoms with van der Waals surface area (Å²) in [6, 6.07) is 6.61. The van der Waals surface area contributed by atoms with Crippen LogP contribution in [0, 0.1) is 0 Å². The fourth-order valence-corrected chi connectivity index (χ4v) is 3.29. The maximum atomic E-state index is 12.4. The third-order valence-corrected chi connectivity index (χ3v) is 4.70. The number of nitrogens with zero attached hydrogens (tertiary/aromatic N) is 2. The van der Waals surface area contributed by atoms with E-state index in [1.165, 1.54) is 6.21 Å². The van der Waals surface area contributed by atoms with Crippen molar-refractivity contribution in [1.29, 1.82) is 0 Å². The third-order valence-electron chi connectivity index (χ3n) is 4.70. The van der Waals surface area contributed by atoms with Crippen LogP contribution in [-0.2, 0) is 0 Å². The molecular weight excluding hydrogens is 348 g/mol. The first-order valence-corrected chi connectivity index (χ1v) is 9.12. The van der Waals surface area contributed by atoms with Crippen molar-refractivity contribution >= 4 is 6.21 Å². The molecule has 4 N–H and O–H groups in total. The molecule has 0 unspecified atom stereocenters. The van der Waals surface area contributed by atoms with Crippen molar-refractivity contribution in [2.24, 2.45) is 10.7 Å². The summed E-state index contributed by atoms with van der Waals surface area (Å²) in [6.07, 6.45) is 5.12. The average molecular weight is 372 g/mol. The van der Waals surface area contributed by atoms with Crippen LogP contribution in [0.5, 0.6) is 11.6 Å². The number of H-pyrrole nitrogens is 1. The zero-order valence-corrected chi connectivity index (χ0v) is 15.2. The van der Waals surface area contributed by atoms with E-state index in [4.69, 9.17) is 10.5 Å². The molecule has 1 aromatic heterocycles. The van der Waals surface area contributed by atoms with Gasteiger partial charge in [0.25, 0.3) is 5.56 Å². The van der Waals surface area contributed by atoms with Gasteiger partial charge in [-0.2, -0.15) is 0 Å². The smallest absolute Gasteiger partial charge is 0.335 e. The Morgan fingerprint density at radius 3 is 2.81 bits per heavy atom. The van der Waals surface area contributed by atoms with Gasteiger partial charge in [-0.3, -0.25) is 14.8 Å². The van der Waals surface area contributed by atoms with Crippen molar-refractivity contribution in [3.05, 3.63) is 50.7 Å². The second-order valence-corrected chi connectivity index (χ2v) is 6.53. The molecule has 2 atom stereocenters. The maximum Gasteiger partial charge on any atom is 0.335 e. The van der Waals surface area contributed by atoms with Crippen molar-refractivity contribution < 1.29 is 9.84 Å². The van der Waals surface area contributed by atoms with Crippen molar-refractivity contribution in [1.82, 2.24) is 9.55 Å². The number of hydrogen-bond donors (Lipinski definition) is 3. The van der Waals surface area contributed by atoms with Crippen molar-refractivity contribution in [3.63, 3.8) is 0 Å². The number of aliphatic imine (C=N–C) groups is 1. The molecule has 1 aliphatic carbocycles. The van der Waals surface area contributed by atoms with Crippen molar-refractivity contribution in [3.8, 4) is 17.3 Å². The Morgan fingerprint density at radius 1 is 1.33 bits per heavy atom. The molecule has 0 radical (unpaired) electrons. The first-order valence-electron chi connectivity index (χ1n) is 9.12. The van der Waals surface area contributed by atoms with Crippen LogP contribution in [0.25, 0.3) is 5.69 Å². The van der Waals surface area contributed by atoms with Crippen LogP contribution < -0.4 is 21.7 Å². The minimum absolute atomic E-state index is 0.0687. The number of hydrogen-bond acceptors (Lipinski definition) is 6. The van der Waals surface area contributed by atoms with E-state index in [0.29, 0.717) is 18.0 Å². The van der Waals surface area contributed by atoms with E-state index in [1.54, 1.807) is 24.3 Å². The van der Waals surface area contributed by atoms with Gasteiger partial charge in [-0.05, 0) is 31.9 Å². The SMILES string of the molecule is CCOc1ccccc1-n1c(O)c(C=N[C@H]2CCCC[C@H]2N)c(=O)[nH]c1=O. The Morgan fingerprint density at radius 2 is 2.07 bits per heavy atom. The number of aromatic nitrogens is 2. The highest BCUT2D eigenvalue weighted by Gasteiger charge is 2.21. The van der Waals surface area contributed by atoms with Gasteiger partial charge in [0.05, 0.1) is 18.3 Å². The topological polar surface area (TPSA) is 123 Å². The lowest BCUT2D eigenvalue weighted by Crippen LogP contribution is -2.36. The molecule has 1 heterocycles. The lowest BCUT2D eigenvalue weighted by Gasteiger charge is -2.25. The average Bonchev–Trinajstić information content (AvgIpc) is 2.64. The molecule has 2 aromatic rings. The van der Waals surface area contributed by atoms with Crippen molar-refractivity contribution in [2.45, 2.75) is 44.7 Å². The minimum Gasteiger partial charge on any atom is -0.493 e. The molecule has 0 bridgehead atoms. The maximum absolute atomic E-state index is 12.4. The van der Waals surface area contributed by atoms with Gasteiger partial charge in [-0.1, -0.05) is 25.0 Å². The molecule has 0 spiro atoms. The quantitative estimate of drug-likeness (QED) is 0.683. The van der Waals surface area contributed by atoms with Gasteiger partial charge >= 0.3 is 5.69 Å². The number of benzene rings is 1. The van der Waals surface area contributed by atoms with E-state index < -0.39 is 17.1 Å². The van der Waals surface area contributed by atoms with Gasteiger partial charge < -0.3 is 15.6 Å². The molecule has 1 fully saturated rings. The summed E-state index contributed by atoms with van der Waals surface area (Å²) in [6.45, 7) is 2.21. The van der Waals surface area contributed by atoms with Gasteiger partial charge in [0.1, 0.15) is 11.3 Å². The molecule has 0 saturated heterocycles. The molecule has 0 aliphatic heterocycles. The largest absolute Gasteiger partial charge is 0.493 e. The van der Waals surface area contributed by atoms with Crippen LogP contribution in [0.4, 0.5) is 0 Å². The van der Waals surface area contributed by atoms with Crippen LogP contribution in [0.1, 0.15) is 38.2 Å². The Kier molecular flexibility index (Phi) is 5.75. The Bertz CT molecular complexity index is 947. The molecule has 27 heavy (non-hydrogen) atoms. The van der Waals surface area contributed by atoms with E-state index in [1.807, 2.05) is 6.92 Å². The molecule has 1 aliphatic rings. The molecule has 0 amide bonds. The monoisotopic (exact) mass is 372 g/mol. The number of aromatic amines is 1. The second-order valence-electron chi connectivity index (χ2n) is 6.53. The highest BCUT2D eigenvalue weighted by Crippen LogP contribution is 2.25. The number of para-hydroxylation sites is 2. The number of nitrogens with two attached hydrogens (primary N) is 1. The summed E-state index contributed by atoms with van der Waals surface area (Å²) in [7, 11) is 0. The Labute approximate surface area is 156 Å². The molecule has 8 heteroatoms. The van der Waals surface area contributed by atoms with E-state index in [2.05, 4.69) is 9.98 Å². The fraction of sp³-hybridized carbons (Fsp3) is 0.421. The van der Waals surface area contributed by atoms with E-state index in [-0.39, 0.29) is 17.6 Å². The first-order chi connectivity index (χ1) is 13.0. The summed E-state index contributed by atoms with van der Waals surface area (Å²) in [5.41, 5.74) is 4.88. The van der Waals surface area contributed by atoms with E-state index in [9.17, 15) is 14.7 Å². The number of ether oxygens (including phenoxy) is 1. The van der Waals surface area contributed by atoms with Gasteiger partial charge in [0, 0.05) is 12.3 Å². The highest BCUT2D eigenvalue weighted by molar-refractivity contribution is 5.82. The van der Waals surface area contributed by atoms with Gasteiger partial charge in [-0.25, -0.2) is 9.36 Å². The summed E-state index contributed by atoms with van der Waals surface area (Å²) in [5, 5.41) is 10.7. The van der Waals surface area contributed by atoms with Crippen LogP contribution >= 0.6 is 0 Å². The van der Waals surface area contributed by atoms with E-state index in [0.717, 1.165) is 30.3 Å². The third kappa shape index (κ3) is 3.95. The highest BCUT2D eigenvalue weighted by atomic mass is 16.5. The van der Waals surface area contributed by atoms with Crippen LogP contribution in [0.15, 0.2) is 38.8 Å². The lowest BCUT2D eigenvalue weighted by atomic mass is 9.91. The summed E-state index contributed by atoms with van der Waals surface area (Å²) >= 11 is 0. The number of rotatable bonds is 5. The minimum atomic E-state index is -0.754. The first kappa shape index (κ1) is 18.9. The fourth-order valence-electron chi connectivity index (χ4n) is 3.29. The van der Waals surface area contributed by atoms with Crippen LogP contribution in [0.3, 0.4) is 0 Å². The Balaban J connectivity index is 2.07. The van der Waals surface area contributed by atoms with Crippen LogP contribution in [-0.4, -0.2) is 39.6 Å². The standard InChI is InChI=1S/C19H24N4O4/c1-2-27-16-10-6-5-9-15(16)23-18(25)12(17(24)22-19(23)26)11-21-14-8-4-3-7-13(14)20/h5-6,9-11,13-14,25H,2-4,7-8,20H2,1H3,(H,22,24,26)/t13-,14+/m1/s1. The van der Waals surface area contributed by atoms with Gasteiger partial charge in [0.15, 0.2) is 0 Å². The lowest BCUT2D eigenvalue weighted by molar-refractivity contribution is 0.336. The van der Waals surface area contributed by atoms with Crippen LogP contribution in [0.2, 0.25) is 0 Å². The summed E-state index contributed by atoms with van der Waals surface area (Å²) in [5.74, 6) is -0.0642. The predicted octanol–water partition coefficient (Wildman–Crippen LogP) is 1.32. The van der Waals surface area contributed by atoms with Crippen molar-refractivity contribution in [2.75, 3.05) is 6.61 Å². The number of nitrogens with one attached hydrogen (secondary N) is 1. The Hall–Kier alpha value is -2.87. The molecule has 3 rings (SSSR count). The summed E-state index contributed by atoms with van der Waals surface area (Å²) < 4.78 is 6.54. The summed E-state index contributed by atoms with van der Waals surface area (Å²) in [4.78, 5) is 31.2. The normalized spacial score (nSPS) is 20.1. The number of aromatic hydroxyl groups is 1.